The first-order chi connectivity index (χ1) is 8.25. The van der Waals surface area contributed by atoms with E-state index in [1.54, 1.807) is 11.3 Å². The summed E-state index contributed by atoms with van der Waals surface area (Å²) < 4.78 is 0. The molecule has 0 atom stereocenters. The second kappa shape index (κ2) is 3.86. The van der Waals surface area contributed by atoms with Gasteiger partial charge in [-0.3, -0.25) is 4.79 Å². The van der Waals surface area contributed by atoms with Gasteiger partial charge in [-0.05, 0) is 36.1 Å². The van der Waals surface area contributed by atoms with Crippen LogP contribution in [0, 0.1) is 6.92 Å². The van der Waals surface area contributed by atoms with Crippen molar-refractivity contribution in [3.05, 3.63) is 51.7 Å². The molecule has 0 saturated carbocycles. The first-order valence-electron chi connectivity index (χ1n) is 5.42. The summed E-state index contributed by atoms with van der Waals surface area (Å²) in [6.45, 7) is 2.06. The van der Waals surface area contributed by atoms with Gasteiger partial charge in [0.05, 0.1) is 5.57 Å². The van der Waals surface area contributed by atoms with Gasteiger partial charge in [0, 0.05) is 16.1 Å². The normalized spacial score (nSPS) is 16.1. The fraction of sp³-hybridized carbons (Fsp3) is 0.0714. The third-order valence-electron chi connectivity index (χ3n) is 2.89. The lowest BCUT2D eigenvalue weighted by molar-refractivity contribution is -0.110. The fourth-order valence-corrected chi connectivity index (χ4v) is 2.80. The van der Waals surface area contributed by atoms with Crippen molar-refractivity contribution in [3.63, 3.8) is 0 Å². The molecule has 0 aliphatic carbocycles. The number of carbonyl (C=O) groups is 1. The van der Waals surface area contributed by atoms with Gasteiger partial charge in [-0.25, -0.2) is 0 Å². The molecule has 2 nitrogen and oxygen atoms in total. The number of aryl methyl sites for hydroxylation is 1. The van der Waals surface area contributed by atoms with Crippen molar-refractivity contribution in [3.8, 4) is 0 Å². The van der Waals surface area contributed by atoms with Crippen molar-refractivity contribution in [1.82, 2.24) is 0 Å². The quantitative estimate of drug-likeness (QED) is 0.760. The van der Waals surface area contributed by atoms with E-state index >= 15 is 0 Å². The van der Waals surface area contributed by atoms with Gasteiger partial charge in [0.1, 0.15) is 0 Å². The maximum atomic E-state index is 11.9. The molecule has 1 aromatic heterocycles. The van der Waals surface area contributed by atoms with E-state index in [1.807, 2.05) is 35.7 Å². The molecule has 2 heterocycles. The van der Waals surface area contributed by atoms with Crippen LogP contribution in [0.1, 0.15) is 16.0 Å². The van der Waals surface area contributed by atoms with E-state index in [-0.39, 0.29) is 5.91 Å². The van der Waals surface area contributed by atoms with E-state index in [9.17, 15) is 4.79 Å². The molecule has 0 fully saturated rings. The van der Waals surface area contributed by atoms with Crippen molar-refractivity contribution in [2.45, 2.75) is 6.92 Å². The van der Waals surface area contributed by atoms with Crippen LogP contribution in [0.25, 0.3) is 11.6 Å². The highest BCUT2D eigenvalue weighted by Crippen LogP contribution is 2.33. The minimum atomic E-state index is -0.0148. The average molecular weight is 241 g/mol. The molecule has 0 unspecified atom stereocenters. The van der Waals surface area contributed by atoms with Gasteiger partial charge in [-0.1, -0.05) is 18.2 Å². The van der Waals surface area contributed by atoms with Crippen LogP contribution in [-0.4, -0.2) is 5.91 Å². The van der Waals surface area contributed by atoms with E-state index < -0.39 is 0 Å². The summed E-state index contributed by atoms with van der Waals surface area (Å²) in [5, 5.41) is 4.92. The van der Waals surface area contributed by atoms with Gasteiger partial charge in [-0.15, -0.1) is 11.3 Å². The van der Waals surface area contributed by atoms with E-state index in [0.717, 1.165) is 21.7 Å². The Morgan fingerprint density at radius 2 is 2.06 bits per heavy atom. The molecule has 17 heavy (non-hydrogen) atoms. The van der Waals surface area contributed by atoms with Crippen LogP contribution in [0.2, 0.25) is 0 Å². The van der Waals surface area contributed by atoms with Crippen LogP contribution in [0.15, 0.2) is 35.7 Å². The number of hydrogen-bond donors (Lipinski definition) is 1. The molecular weight excluding hydrogens is 230 g/mol. The van der Waals surface area contributed by atoms with Crippen molar-refractivity contribution in [2.24, 2.45) is 0 Å². The highest BCUT2D eigenvalue weighted by molar-refractivity contribution is 7.11. The monoisotopic (exact) mass is 241 g/mol. The SMILES string of the molecule is Cc1ccsc1/C=C1/C(=O)Nc2ccccc21. The third kappa shape index (κ3) is 1.68. The number of benzene rings is 1. The smallest absolute Gasteiger partial charge is 0.256 e. The van der Waals surface area contributed by atoms with Gasteiger partial charge in [0.2, 0.25) is 0 Å². The Morgan fingerprint density at radius 1 is 1.24 bits per heavy atom. The molecule has 3 rings (SSSR count). The molecule has 1 amide bonds. The summed E-state index contributed by atoms with van der Waals surface area (Å²) in [5.41, 5.74) is 3.86. The van der Waals surface area contributed by atoms with Gasteiger partial charge >= 0.3 is 0 Å². The molecule has 0 bridgehead atoms. The van der Waals surface area contributed by atoms with E-state index in [1.165, 1.54) is 5.56 Å². The summed E-state index contributed by atoms with van der Waals surface area (Å²) in [5.74, 6) is -0.0148. The van der Waals surface area contributed by atoms with Gasteiger partial charge in [0.15, 0.2) is 0 Å². The Labute approximate surface area is 104 Å². The standard InChI is InChI=1S/C14H11NOS/c1-9-6-7-17-13(9)8-11-10-4-2-3-5-12(10)15-14(11)16/h2-8H,1H3,(H,15,16)/b11-8+. The van der Waals surface area contributed by atoms with E-state index in [2.05, 4.69) is 18.3 Å². The maximum absolute atomic E-state index is 11.9. The number of anilines is 1. The number of thiophene rings is 1. The minimum Gasteiger partial charge on any atom is -0.321 e. The molecule has 1 aliphatic heterocycles. The van der Waals surface area contributed by atoms with E-state index in [0.29, 0.717) is 0 Å². The highest BCUT2D eigenvalue weighted by atomic mass is 32.1. The van der Waals surface area contributed by atoms with Crippen LogP contribution in [-0.2, 0) is 4.79 Å². The third-order valence-corrected chi connectivity index (χ3v) is 3.85. The molecule has 0 radical (unpaired) electrons. The predicted molar refractivity (Wildman–Crippen MR) is 72.0 cm³/mol. The largest absolute Gasteiger partial charge is 0.321 e. The Kier molecular flexibility index (Phi) is 2.34. The average Bonchev–Trinajstić information content (AvgIpc) is 2.85. The zero-order valence-electron chi connectivity index (χ0n) is 9.36. The highest BCUT2D eigenvalue weighted by Gasteiger charge is 2.23. The number of carbonyl (C=O) groups excluding carboxylic acids is 1. The molecule has 1 aromatic carbocycles. The molecule has 0 saturated heterocycles. The van der Waals surface area contributed by atoms with Crippen molar-refractivity contribution in [1.29, 1.82) is 0 Å². The summed E-state index contributed by atoms with van der Waals surface area (Å²) in [6.07, 6.45) is 1.97. The molecule has 0 spiro atoms. The Morgan fingerprint density at radius 3 is 2.82 bits per heavy atom. The molecular formula is C14H11NOS. The Hall–Kier alpha value is -1.87. The molecule has 84 valence electrons. The summed E-state index contributed by atoms with van der Waals surface area (Å²) >= 11 is 1.66. The molecule has 2 aromatic rings. The fourth-order valence-electron chi connectivity index (χ4n) is 1.95. The first kappa shape index (κ1) is 10.3. The number of amides is 1. The molecule has 3 heteroatoms. The van der Waals surface area contributed by atoms with Crippen LogP contribution in [0.3, 0.4) is 0 Å². The zero-order valence-corrected chi connectivity index (χ0v) is 10.2. The maximum Gasteiger partial charge on any atom is 0.256 e. The number of nitrogens with one attached hydrogen (secondary N) is 1. The van der Waals surface area contributed by atoms with Crippen molar-refractivity contribution in [2.75, 3.05) is 5.32 Å². The van der Waals surface area contributed by atoms with Crippen LogP contribution in [0.4, 0.5) is 5.69 Å². The second-order valence-electron chi connectivity index (χ2n) is 4.03. The topological polar surface area (TPSA) is 29.1 Å². The number of fused-ring (bicyclic) bond motifs is 1. The lowest BCUT2D eigenvalue weighted by atomic mass is 10.1. The lowest BCUT2D eigenvalue weighted by Gasteiger charge is -1.97. The Bertz CT molecular complexity index is 625. The number of hydrogen-bond acceptors (Lipinski definition) is 2. The van der Waals surface area contributed by atoms with Crippen LogP contribution < -0.4 is 5.32 Å². The first-order valence-corrected chi connectivity index (χ1v) is 6.30. The molecule has 1 aliphatic rings. The van der Waals surface area contributed by atoms with Crippen LogP contribution >= 0.6 is 11.3 Å². The summed E-state index contributed by atoms with van der Waals surface area (Å²) in [4.78, 5) is 13.0. The summed E-state index contributed by atoms with van der Waals surface area (Å²) in [7, 11) is 0. The van der Waals surface area contributed by atoms with Crippen molar-refractivity contribution >= 4 is 34.6 Å². The number of rotatable bonds is 1. The van der Waals surface area contributed by atoms with Crippen LogP contribution in [0.5, 0.6) is 0 Å². The van der Waals surface area contributed by atoms with Gasteiger partial charge < -0.3 is 5.32 Å². The predicted octanol–water partition coefficient (Wildman–Crippen LogP) is 3.55. The van der Waals surface area contributed by atoms with E-state index in [4.69, 9.17) is 0 Å². The molecule has 1 N–H and O–H groups in total. The second-order valence-corrected chi connectivity index (χ2v) is 4.97. The summed E-state index contributed by atoms with van der Waals surface area (Å²) in [6, 6.07) is 9.85. The zero-order chi connectivity index (χ0) is 11.8. The lowest BCUT2D eigenvalue weighted by Crippen LogP contribution is -2.03. The Balaban J connectivity index is 2.13. The number of para-hydroxylation sites is 1. The van der Waals surface area contributed by atoms with Gasteiger partial charge in [0.25, 0.3) is 5.91 Å². The van der Waals surface area contributed by atoms with Crippen molar-refractivity contribution < 1.29 is 4.79 Å². The van der Waals surface area contributed by atoms with Gasteiger partial charge in [-0.2, -0.15) is 0 Å². The minimum absolute atomic E-state index is 0.0148.